The van der Waals surface area contributed by atoms with E-state index in [9.17, 15) is 4.79 Å². The Hall–Kier alpha value is -1.45. The average Bonchev–Trinajstić information content (AvgIpc) is 2.55. The molecule has 0 aliphatic rings. The van der Waals surface area contributed by atoms with Crippen LogP contribution >= 0.6 is 23.4 Å². The van der Waals surface area contributed by atoms with Crippen LogP contribution in [0.5, 0.6) is 0 Å². The smallest absolute Gasteiger partial charge is 0.233 e. The van der Waals surface area contributed by atoms with Crippen LogP contribution in [0.25, 0.3) is 0 Å². The monoisotopic (exact) mass is 347 g/mol. The Morgan fingerprint density at radius 2 is 1.78 bits per heavy atom. The fraction of sp³-hybridized carbons (Fsp3) is 0.316. The lowest BCUT2D eigenvalue weighted by molar-refractivity contribution is -0.120. The van der Waals surface area contributed by atoms with Gasteiger partial charge < -0.3 is 5.32 Å². The van der Waals surface area contributed by atoms with Gasteiger partial charge in [-0.15, -0.1) is 11.8 Å². The van der Waals surface area contributed by atoms with E-state index in [1.54, 1.807) is 11.8 Å². The molecule has 0 aliphatic heterocycles. The summed E-state index contributed by atoms with van der Waals surface area (Å²) in [6, 6.07) is 16.1. The lowest BCUT2D eigenvalue weighted by Gasteiger charge is -2.12. The number of benzene rings is 2. The number of hydrogen-bond donors (Lipinski definition) is 1. The Morgan fingerprint density at radius 1 is 1.13 bits per heavy atom. The summed E-state index contributed by atoms with van der Waals surface area (Å²) in [6.07, 6.45) is 1.94. The Bertz CT molecular complexity index is 625. The van der Waals surface area contributed by atoms with E-state index in [0.29, 0.717) is 11.6 Å². The van der Waals surface area contributed by atoms with Gasteiger partial charge in [-0.05, 0) is 56.5 Å². The van der Waals surface area contributed by atoms with Gasteiger partial charge in [0, 0.05) is 16.5 Å². The molecule has 2 rings (SSSR count). The van der Waals surface area contributed by atoms with Gasteiger partial charge in [-0.1, -0.05) is 41.4 Å². The Labute approximate surface area is 147 Å². The molecule has 1 amide bonds. The van der Waals surface area contributed by atoms with Crippen LogP contribution < -0.4 is 5.32 Å². The number of thioether (sulfide) groups is 1. The SMILES string of the molecule is Cc1ccc(CCCNC(=O)[C@H](C)Sc2ccc(Cl)cc2)cc1. The summed E-state index contributed by atoms with van der Waals surface area (Å²) in [4.78, 5) is 13.2. The van der Waals surface area contributed by atoms with E-state index >= 15 is 0 Å². The van der Waals surface area contributed by atoms with E-state index < -0.39 is 0 Å². The van der Waals surface area contributed by atoms with Crippen LogP contribution in [0.2, 0.25) is 5.02 Å². The lowest BCUT2D eigenvalue weighted by Crippen LogP contribution is -2.31. The molecule has 2 aromatic rings. The van der Waals surface area contributed by atoms with Gasteiger partial charge in [0.2, 0.25) is 5.91 Å². The second-order valence-electron chi connectivity index (χ2n) is 5.59. The summed E-state index contributed by atoms with van der Waals surface area (Å²) < 4.78 is 0. The molecular formula is C19H22ClNOS. The summed E-state index contributed by atoms with van der Waals surface area (Å²) in [6.45, 7) is 4.72. The second kappa shape index (κ2) is 8.99. The highest BCUT2D eigenvalue weighted by atomic mass is 35.5. The zero-order chi connectivity index (χ0) is 16.7. The number of rotatable bonds is 7. The molecule has 1 atom stereocenters. The third-order valence-electron chi connectivity index (χ3n) is 3.56. The first-order valence-corrected chi connectivity index (χ1v) is 9.06. The standard InChI is InChI=1S/C19H22ClNOS/c1-14-5-7-16(8-6-14)4-3-13-21-19(22)15(2)23-18-11-9-17(20)10-12-18/h5-12,15H,3-4,13H2,1-2H3,(H,21,22)/t15-/m0/s1. The van der Waals surface area contributed by atoms with E-state index in [1.165, 1.54) is 11.1 Å². The van der Waals surface area contributed by atoms with Crippen LogP contribution in [0.15, 0.2) is 53.4 Å². The Balaban J connectivity index is 1.69. The average molecular weight is 348 g/mol. The number of amides is 1. The van der Waals surface area contributed by atoms with Crippen molar-refractivity contribution in [2.24, 2.45) is 0 Å². The van der Waals surface area contributed by atoms with Crippen molar-refractivity contribution in [3.63, 3.8) is 0 Å². The third kappa shape index (κ3) is 6.28. The van der Waals surface area contributed by atoms with Crippen LogP contribution in [-0.2, 0) is 11.2 Å². The molecule has 0 spiro atoms. The maximum atomic E-state index is 12.1. The van der Waals surface area contributed by atoms with Crippen molar-refractivity contribution in [1.82, 2.24) is 5.32 Å². The van der Waals surface area contributed by atoms with Crippen LogP contribution in [0.1, 0.15) is 24.5 Å². The highest BCUT2D eigenvalue weighted by Crippen LogP contribution is 2.24. The summed E-state index contributed by atoms with van der Waals surface area (Å²) >= 11 is 7.41. The minimum Gasteiger partial charge on any atom is -0.355 e. The normalized spacial score (nSPS) is 12.0. The first-order valence-electron chi connectivity index (χ1n) is 7.80. The van der Waals surface area contributed by atoms with E-state index in [0.717, 1.165) is 17.7 Å². The second-order valence-corrected chi connectivity index (χ2v) is 7.44. The molecule has 0 aromatic heterocycles. The summed E-state index contributed by atoms with van der Waals surface area (Å²) in [5.74, 6) is 0.0776. The van der Waals surface area contributed by atoms with Gasteiger partial charge in [-0.25, -0.2) is 0 Å². The predicted octanol–water partition coefficient (Wildman–Crippen LogP) is 4.88. The van der Waals surface area contributed by atoms with Crippen molar-refractivity contribution < 1.29 is 4.79 Å². The van der Waals surface area contributed by atoms with Crippen molar-refractivity contribution in [3.05, 3.63) is 64.7 Å². The number of nitrogens with one attached hydrogen (secondary N) is 1. The number of aryl methyl sites for hydroxylation is 2. The number of hydrogen-bond acceptors (Lipinski definition) is 2. The van der Waals surface area contributed by atoms with Crippen molar-refractivity contribution in [1.29, 1.82) is 0 Å². The van der Waals surface area contributed by atoms with Crippen LogP contribution in [0.4, 0.5) is 0 Å². The van der Waals surface area contributed by atoms with E-state index in [-0.39, 0.29) is 11.2 Å². The zero-order valence-electron chi connectivity index (χ0n) is 13.5. The molecule has 0 fully saturated rings. The van der Waals surface area contributed by atoms with Crippen molar-refractivity contribution >= 4 is 29.3 Å². The summed E-state index contributed by atoms with van der Waals surface area (Å²) in [7, 11) is 0. The summed E-state index contributed by atoms with van der Waals surface area (Å²) in [5, 5.41) is 3.61. The van der Waals surface area contributed by atoms with Crippen molar-refractivity contribution in [2.45, 2.75) is 36.8 Å². The molecule has 0 aliphatic carbocycles. The van der Waals surface area contributed by atoms with Crippen molar-refractivity contribution in [2.75, 3.05) is 6.54 Å². The largest absolute Gasteiger partial charge is 0.355 e. The van der Waals surface area contributed by atoms with Gasteiger partial charge in [0.25, 0.3) is 0 Å². The maximum absolute atomic E-state index is 12.1. The number of carbonyl (C=O) groups excluding carboxylic acids is 1. The van der Waals surface area contributed by atoms with Gasteiger partial charge in [0.15, 0.2) is 0 Å². The lowest BCUT2D eigenvalue weighted by atomic mass is 10.1. The Kier molecular flexibility index (Phi) is 7.00. The highest BCUT2D eigenvalue weighted by Gasteiger charge is 2.13. The highest BCUT2D eigenvalue weighted by molar-refractivity contribution is 8.00. The molecule has 0 heterocycles. The van der Waals surface area contributed by atoms with Gasteiger partial charge in [-0.3, -0.25) is 4.79 Å². The molecular weight excluding hydrogens is 326 g/mol. The van der Waals surface area contributed by atoms with E-state index in [1.807, 2.05) is 31.2 Å². The molecule has 0 saturated heterocycles. The van der Waals surface area contributed by atoms with Gasteiger partial charge in [-0.2, -0.15) is 0 Å². The molecule has 2 nitrogen and oxygen atoms in total. The van der Waals surface area contributed by atoms with Gasteiger partial charge >= 0.3 is 0 Å². The van der Waals surface area contributed by atoms with Crippen LogP contribution in [0.3, 0.4) is 0 Å². The topological polar surface area (TPSA) is 29.1 Å². The fourth-order valence-corrected chi connectivity index (χ4v) is 3.19. The molecule has 4 heteroatoms. The van der Waals surface area contributed by atoms with Crippen LogP contribution in [0, 0.1) is 6.92 Å². The zero-order valence-corrected chi connectivity index (χ0v) is 15.1. The van der Waals surface area contributed by atoms with Gasteiger partial charge in [0.05, 0.1) is 5.25 Å². The third-order valence-corrected chi connectivity index (χ3v) is 4.92. The molecule has 1 N–H and O–H groups in total. The molecule has 122 valence electrons. The van der Waals surface area contributed by atoms with E-state index in [2.05, 4.69) is 36.5 Å². The van der Waals surface area contributed by atoms with Crippen LogP contribution in [-0.4, -0.2) is 17.7 Å². The molecule has 0 bridgehead atoms. The summed E-state index contributed by atoms with van der Waals surface area (Å²) in [5.41, 5.74) is 2.59. The molecule has 2 aromatic carbocycles. The number of carbonyl (C=O) groups is 1. The Morgan fingerprint density at radius 3 is 2.43 bits per heavy atom. The maximum Gasteiger partial charge on any atom is 0.233 e. The quantitative estimate of drug-likeness (QED) is 0.571. The minimum atomic E-state index is -0.115. The predicted molar refractivity (Wildman–Crippen MR) is 99.3 cm³/mol. The number of halogens is 1. The molecule has 0 radical (unpaired) electrons. The van der Waals surface area contributed by atoms with Crippen molar-refractivity contribution in [3.8, 4) is 0 Å². The molecule has 0 saturated carbocycles. The first kappa shape index (κ1) is 17.9. The first-order chi connectivity index (χ1) is 11.0. The molecule has 0 unspecified atom stereocenters. The van der Waals surface area contributed by atoms with Gasteiger partial charge in [0.1, 0.15) is 0 Å². The fourth-order valence-electron chi connectivity index (χ4n) is 2.17. The van der Waals surface area contributed by atoms with E-state index in [4.69, 9.17) is 11.6 Å². The minimum absolute atomic E-state index is 0.0776. The molecule has 23 heavy (non-hydrogen) atoms.